The Morgan fingerprint density at radius 3 is 1.61 bits per heavy atom. The first-order valence-corrected chi connectivity index (χ1v) is 16.5. The first-order valence-electron chi connectivity index (χ1n) is 12.6. The van der Waals surface area contributed by atoms with Crippen LogP contribution in [0.15, 0.2) is 48.5 Å². The van der Waals surface area contributed by atoms with Crippen molar-refractivity contribution in [3.63, 3.8) is 0 Å². The molecule has 0 atom stereocenters. The third-order valence-corrected chi connectivity index (χ3v) is 15.2. The van der Waals surface area contributed by atoms with E-state index >= 15 is 4.11 Å². The molecule has 0 aliphatic carbocycles. The number of aliphatic hydroxyl groups is 2. The molecule has 0 radical (unpaired) electrons. The van der Waals surface area contributed by atoms with Crippen molar-refractivity contribution in [2.45, 2.75) is 90.4 Å². The third kappa shape index (κ3) is 8.46. The Morgan fingerprint density at radius 1 is 0.727 bits per heavy atom. The minimum absolute atomic E-state index is 0.0758. The highest BCUT2D eigenvalue weighted by molar-refractivity contribution is 6.88. The standard InChI is InChI=1S/C14H23FOSi.C14H24OSi/c1-11(2)17(15,12(3)4)14-7-5-6-13(10-14)8-9-16;1-11(2)16(12(3)4)14-7-5-6-13(10-14)8-9-15/h5-7,10-12,16H,8-9H2,1-4H3;5-7,10-12,15-16H,8-9H2,1-4H3. The van der Waals surface area contributed by atoms with Gasteiger partial charge in [0.1, 0.15) is 0 Å². The summed E-state index contributed by atoms with van der Waals surface area (Å²) in [6.07, 6.45) is 1.39. The molecule has 0 unspecified atom stereocenters. The number of hydrogen-bond donors (Lipinski definition) is 2. The van der Waals surface area contributed by atoms with E-state index in [2.05, 4.69) is 52.0 Å². The van der Waals surface area contributed by atoms with Crippen molar-refractivity contribution in [1.82, 2.24) is 0 Å². The lowest BCUT2D eigenvalue weighted by atomic mass is 10.2. The van der Waals surface area contributed by atoms with Crippen LogP contribution in [0.2, 0.25) is 22.2 Å². The Kier molecular flexibility index (Phi) is 12.8. The van der Waals surface area contributed by atoms with Crippen LogP contribution in [0.3, 0.4) is 0 Å². The van der Waals surface area contributed by atoms with Gasteiger partial charge in [0, 0.05) is 13.2 Å². The zero-order valence-corrected chi connectivity index (χ0v) is 24.3. The van der Waals surface area contributed by atoms with Gasteiger partial charge < -0.3 is 14.3 Å². The summed E-state index contributed by atoms with van der Waals surface area (Å²) in [5.74, 6) is 0. The molecule has 0 bridgehead atoms. The Morgan fingerprint density at radius 2 is 1.18 bits per heavy atom. The molecule has 0 aliphatic rings. The zero-order chi connectivity index (χ0) is 25.2. The Hall–Kier alpha value is -1.28. The smallest absolute Gasteiger partial charge is 0.282 e. The maximum atomic E-state index is 15.3. The highest BCUT2D eigenvalue weighted by Crippen LogP contribution is 2.33. The summed E-state index contributed by atoms with van der Waals surface area (Å²) in [5, 5.41) is 20.3. The lowest BCUT2D eigenvalue weighted by Gasteiger charge is -2.31. The first-order chi connectivity index (χ1) is 15.5. The molecule has 0 saturated heterocycles. The van der Waals surface area contributed by atoms with Gasteiger partial charge in [-0.2, -0.15) is 0 Å². The quantitative estimate of drug-likeness (QED) is 0.334. The summed E-state index contributed by atoms with van der Waals surface area (Å²) >= 11 is 0. The molecule has 0 fully saturated rings. The molecule has 5 heteroatoms. The van der Waals surface area contributed by atoms with Gasteiger partial charge in [0.2, 0.25) is 0 Å². The van der Waals surface area contributed by atoms with Crippen molar-refractivity contribution in [3.8, 4) is 0 Å². The van der Waals surface area contributed by atoms with Gasteiger partial charge in [0.25, 0.3) is 8.41 Å². The van der Waals surface area contributed by atoms with Crippen molar-refractivity contribution in [2.24, 2.45) is 0 Å². The van der Waals surface area contributed by atoms with Crippen molar-refractivity contribution >= 4 is 27.6 Å². The largest absolute Gasteiger partial charge is 0.396 e. The number of aliphatic hydroxyl groups excluding tert-OH is 2. The van der Waals surface area contributed by atoms with Gasteiger partial charge in [-0.15, -0.1) is 0 Å². The second-order valence-electron chi connectivity index (χ2n) is 10.5. The zero-order valence-electron chi connectivity index (χ0n) is 22.1. The summed E-state index contributed by atoms with van der Waals surface area (Å²) in [6, 6.07) is 16.6. The Bertz CT molecular complexity index is 805. The van der Waals surface area contributed by atoms with E-state index in [-0.39, 0.29) is 24.3 Å². The molecule has 186 valence electrons. The Balaban J connectivity index is 0.000000331. The fraction of sp³-hybridized carbons (Fsp3) is 0.571. The van der Waals surface area contributed by atoms with Gasteiger partial charge in [-0.1, -0.05) is 109 Å². The topological polar surface area (TPSA) is 40.5 Å². The van der Waals surface area contributed by atoms with Crippen LogP contribution in [-0.2, 0) is 12.8 Å². The van der Waals surface area contributed by atoms with E-state index < -0.39 is 17.2 Å². The van der Waals surface area contributed by atoms with Crippen LogP contribution in [-0.4, -0.2) is 40.6 Å². The van der Waals surface area contributed by atoms with E-state index in [1.165, 1.54) is 5.56 Å². The molecule has 33 heavy (non-hydrogen) atoms. The number of rotatable bonds is 10. The minimum atomic E-state index is -2.92. The molecule has 0 saturated carbocycles. The van der Waals surface area contributed by atoms with Crippen LogP contribution < -0.4 is 10.4 Å². The molecule has 2 aromatic rings. The number of benzene rings is 2. The van der Waals surface area contributed by atoms with Crippen LogP contribution in [0.5, 0.6) is 0 Å². The highest BCUT2D eigenvalue weighted by Gasteiger charge is 2.43. The van der Waals surface area contributed by atoms with Crippen molar-refractivity contribution < 1.29 is 14.3 Å². The van der Waals surface area contributed by atoms with Crippen LogP contribution in [0, 0.1) is 0 Å². The van der Waals surface area contributed by atoms with Gasteiger partial charge in [0.15, 0.2) is 0 Å². The van der Waals surface area contributed by atoms with Crippen molar-refractivity contribution in [2.75, 3.05) is 13.2 Å². The molecule has 2 rings (SSSR count). The molecule has 2 N–H and O–H groups in total. The Labute approximate surface area is 205 Å². The predicted octanol–water partition coefficient (Wildman–Crippen LogP) is 5.64. The molecule has 0 spiro atoms. The summed E-state index contributed by atoms with van der Waals surface area (Å²) in [4.78, 5) is 0. The van der Waals surface area contributed by atoms with Crippen LogP contribution in [0.1, 0.15) is 66.5 Å². The van der Waals surface area contributed by atoms with E-state index in [0.29, 0.717) is 6.42 Å². The third-order valence-electron chi connectivity index (χ3n) is 6.62. The van der Waals surface area contributed by atoms with Gasteiger partial charge in [0.05, 0.1) is 8.80 Å². The highest BCUT2D eigenvalue weighted by atomic mass is 28.4. The lowest BCUT2D eigenvalue weighted by Crippen LogP contribution is -2.49. The average Bonchev–Trinajstić information content (AvgIpc) is 2.74. The van der Waals surface area contributed by atoms with E-state index in [0.717, 1.165) is 28.3 Å². The fourth-order valence-electron chi connectivity index (χ4n) is 5.05. The van der Waals surface area contributed by atoms with Crippen molar-refractivity contribution in [3.05, 3.63) is 59.7 Å². The maximum Gasteiger partial charge on any atom is 0.282 e. The van der Waals surface area contributed by atoms with Gasteiger partial charge >= 0.3 is 0 Å². The first kappa shape index (κ1) is 29.8. The summed E-state index contributed by atoms with van der Waals surface area (Å²) < 4.78 is 15.3. The summed E-state index contributed by atoms with van der Waals surface area (Å²) in [5.41, 5.74) is 4.05. The molecule has 0 aromatic heterocycles. The monoisotopic (exact) mass is 490 g/mol. The molecule has 2 nitrogen and oxygen atoms in total. The average molecular weight is 491 g/mol. The second kappa shape index (κ2) is 14.2. The van der Waals surface area contributed by atoms with E-state index in [1.54, 1.807) is 5.19 Å². The van der Waals surface area contributed by atoms with E-state index in [9.17, 15) is 0 Å². The molecular weight excluding hydrogens is 443 g/mol. The van der Waals surface area contributed by atoms with Crippen LogP contribution in [0.4, 0.5) is 4.11 Å². The lowest BCUT2D eigenvalue weighted by molar-refractivity contribution is 0.299. The van der Waals surface area contributed by atoms with E-state index in [4.69, 9.17) is 10.2 Å². The summed E-state index contributed by atoms with van der Waals surface area (Å²) in [6.45, 7) is 17.6. The number of hydrogen-bond acceptors (Lipinski definition) is 2. The van der Waals surface area contributed by atoms with Gasteiger partial charge in [-0.3, -0.25) is 0 Å². The summed E-state index contributed by atoms with van der Waals surface area (Å²) in [7, 11) is -3.80. The predicted molar refractivity (Wildman–Crippen MR) is 148 cm³/mol. The molecular formula is C28H47FO2Si2. The SMILES string of the molecule is CC(C)[SiH](c1cccc(CCO)c1)C(C)C.CC(C)[Si](F)(c1cccc(CCO)c1)C(C)C. The molecule has 2 aromatic carbocycles. The second-order valence-corrected chi connectivity index (χ2v) is 19.3. The maximum absolute atomic E-state index is 15.3. The van der Waals surface area contributed by atoms with Crippen molar-refractivity contribution in [1.29, 1.82) is 0 Å². The fourth-order valence-corrected chi connectivity index (χ4v) is 12.3. The van der Waals surface area contributed by atoms with Gasteiger partial charge in [-0.05, 0) is 51.3 Å². The number of halogens is 1. The van der Waals surface area contributed by atoms with Crippen LogP contribution >= 0.6 is 0 Å². The molecule has 0 aliphatic heterocycles. The normalized spacial score (nSPS) is 12.1. The molecule has 0 amide bonds. The minimum Gasteiger partial charge on any atom is -0.396 e. The van der Waals surface area contributed by atoms with Crippen LogP contribution in [0.25, 0.3) is 0 Å². The van der Waals surface area contributed by atoms with E-state index in [1.807, 2.05) is 52.0 Å². The molecule has 0 heterocycles. The van der Waals surface area contributed by atoms with Gasteiger partial charge in [-0.25, -0.2) is 0 Å².